The quantitative estimate of drug-likeness (QED) is 0.544. The number of benzene rings is 2. The van der Waals surface area contributed by atoms with Gasteiger partial charge in [-0.3, -0.25) is 4.79 Å². The summed E-state index contributed by atoms with van der Waals surface area (Å²) in [5.41, 5.74) is 1.79. The molecule has 0 saturated heterocycles. The molecule has 0 aliphatic carbocycles. The molecule has 1 heterocycles. The summed E-state index contributed by atoms with van der Waals surface area (Å²) in [6, 6.07) is 8.58. The molecule has 0 aromatic heterocycles. The summed E-state index contributed by atoms with van der Waals surface area (Å²) in [6.07, 6.45) is 0.858. The fraction of sp³-hybridized carbons (Fsp3) is 0.273. The van der Waals surface area contributed by atoms with Gasteiger partial charge in [0.2, 0.25) is 5.78 Å². The Bertz CT molecular complexity index is 991. The molecule has 29 heavy (non-hydrogen) atoms. The van der Waals surface area contributed by atoms with Crippen LogP contribution in [0.25, 0.3) is 6.08 Å². The van der Waals surface area contributed by atoms with Gasteiger partial charge in [0.25, 0.3) is 0 Å². The van der Waals surface area contributed by atoms with Crippen molar-refractivity contribution in [3.63, 3.8) is 0 Å². The largest absolute Gasteiger partial charge is 0.493 e. The van der Waals surface area contributed by atoms with Crippen LogP contribution in [0.15, 0.2) is 36.1 Å². The molecule has 0 N–H and O–H groups in total. The number of allylic oxidation sites excluding steroid dienone is 1. The highest BCUT2D eigenvalue weighted by Gasteiger charge is 2.31. The summed E-state index contributed by atoms with van der Waals surface area (Å²) in [4.78, 5) is 24.4. The molecule has 0 spiro atoms. The van der Waals surface area contributed by atoms with Gasteiger partial charge < -0.3 is 23.7 Å². The summed E-state index contributed by atoms with van der Waals surface area (Å²) in [7, 11) is 4.40. The molecule has 7 heteroatoms. The van der Waals surface area contributed by atoms with Crippen LogP contribution in [0, 0.1) is 6.92 Å². The lowest BCUT2D eigenvalue weighted by Gasteiger charge is -2.15. The second-order valence-electron chi connectivity index (χ2n) is 6.40. The van der Waals surface area contributed by atoms with Crippen LogP contribution in [-0.2, 0) is 9.53 Å². The van der Waals surface area contributed by atoms with E-state index < -0.39 is 12.1 Å². The molecular formula is C22H22O7. The third-order valence-electron chi connectivity index (χ3n) is 4.58. The molecular weight excluding hydrogens is 376 g/mol. The van der Waals surface area contributed by atoms with Gasteiger partial charge in [0, 0.05) is 5.56 Å². The highest BCUT2D eigenvalue weighted by atomic mass is 16.6. The number of carbonyl (C=O) groups excluding carboxylic acids is 2. The van der Waals surface area contributed by atoms with E-state index in [2.05, 4.69) is 4.74 Å². The zero-order chi connectivity index (χ0) is 21.1. The molecule has 1 atom stereocenters. The number of hydrogen-bond donors (Lipinski definition) is 0. The van der Waals surface area contributed by atoms with Crippen LogP contribution < -0.4 is 18.9 Å². The molecule has 0 saturated carbocycles. The fourth-order valence-electron chi connectivity index (χ4n) is 2.99. The molecule has 2 aromatic carbocycles. The average Bonchev–Trinajstić information content (AvgIpc) is 3.05. The van der Waals surface area contributed by atoms with E-state index in [1.165, 1.54) is 7.11 Å². The second kappa shape index (κ2) is 8.26. The Morgan fingerprint density at radius 1 is 1.03 bits per heavy atom. The van der Waals surface area contributed by atoms with Crippen molar-refractivity contribution in [2.75, 3.05) is 21.3 Å². The molecule has 0 fully saturated rings. The van der Waals surface area contributed by atoms with Crippen molar-refractivity contribution in [3.8, 4) is 23.0 Å². The van der Waals surface area contributed by atoms with E-state index in [1.807, 2.05) is 0 Å². The molecule has 1 aliphatic heterocycles. The second-order valence-corrected chi connectivity index (χ2v) is 6.40. The first-order chi connectivity index (χ1) is 13.9. The molecule has 0 amide bonds. The number of rotatable bonds is 6. The number of fused-ring (bicyclic) bond motifs is 1. The number of ether oxygens (including phenoxy) is 5. The van der Waals surface area contributed by atoms with E-state index in [0.29, 0.717) is 34.1 Å². The maximum absolute atomic E-state index is 12.8. The van der Waals surface area contributed by atoms with Gasteiger partial charge in [-0.05, 0) is 49.8 Å². The Labute approximate surface area is 168 Å². The zero-order valence-corrected chi connectivity index (χ0v) is 16.9. The first-order valence-corrected chi connectivity index (χ1v) is 8.94. The Hall–Kier alpha value is -3.48. The lowest BCUT2D eigenvalue weighted by atomic mass is 10.1. The van der Waals surface area contributed by atoms with Crippen LogP contribution in [0.1, 0.15) is 28.4 Å². The predicted octanol–water partition coefficient (Wildman–Crippen LogP) is 3.57. The third kappa shape index (κ3) is 3.89. The summed E-state index contributed by atoms with van der Waals surface area (Å²) in [6.45, 7) is 3.36. The minimum atomic E-state index is -0.782. The SMILES string of the molecule is COC(=O)[C@H](C)Oc1ccc2c(c1C)O/C(=C\c1ccc(OC)c(OC)c1)C2=O. The number of Topliss-reactive ketones (excluding diaryl/α,β-unsaturated/α-hetero) is 1. The summed E-state index contributed by atoms with van der Waals surface area (Å²) < 4.78 is 26.7. The van der Waals surface area contributed by atoms with Crippen molar-refractivity contribution >= 4 is 17.8 Å². The molecule has 3 rings (SSSR count). The standard InChI is InChI=1S/C22H22O7/c1-12-16(28-13(2)22(24)27-5)9-7-15-20(23)19(29-21(12)15)11-14-6-8-17(25-3)18(10-14)26-4/h6-11,13H,1-5H3/b19-11-/t13-/m0/s1. The monoisotopic (exact) mass is 398 g/mol. The van der Waals surface area contributed by atoms with Crippen molar-refractivity contribution in [1.82, 2.24) is 0 Å². The van der Waals surface area contributed by atoms with Gasteiger partial charge in [-0.25, -0.2) is 4.79 Å². The minimum Gasteiger partial charge on any atom is -0.493 e. The Morgan fingerprint density at radius 3 is 2.38 bits per heavy atom. The molecule has 2 aromatic rings. The normalized spacial score (nSPS) is 14.8. The molecule has 0 unspecified atom stereocenters. The van der Waals surface area contributed by atoms with Gasteiger partial charge in [0.1, 0.15) is 11.5 Å². The van der Waals surface area contributed by atoms with Gasteiger partial charge >= 0.3 is 5.97 Å². The highest BCUT2D eigenvalue weighted by molar-refractivity contribution is 6.15. The van der Waals surface area contributed by atoms with E-state index in [4.69, 9.17) is 18.9 Å². The smallest absolute Gasteiger partial charge is 0.346 e. The number of carbonyl (C=O) groups is 2. The molecule has 7 nitrogen and oxygen atoms in total. The van der Waals surface area contributed by atoms with E-state index in [9.17, 15) is 9.59 Å². The van der Waals surface area contributed by atoms with Crippen LogP contribution in [0.2, 0.25) is 0 Å². The summed E-state index contributed by atoms with van der Waals surface area (Å²) in [5, 5.41) is 0. The fourth-order valence-corrected chi connectivity index (χ4v) is 2.99. The number of hydrogen-bond acceptors (Lipinski definition) is 7. The van der Waals surface area contributed by atoms with Gasteiger partial charge in [-0.2, -0.15) is 0 Å². The van der Waals surface area contributed by atoms with Crippen LogP contribution in [0.4, 0.5) is 0 Å². The topological polar surface area (TPSA) is 80.3 Å². The van der Waals surface area contributed by atoms with E-state index in [-0.39, 0.29) is 11.5 Å². The Kier molecular flexibility index (Phi) is 5.77. The summed E-state index contributed by atoms with van der Waals surface area (Å²) in [5.74, 6) is 1.47. The average molecular weight is 398 g/mol. The number of methoxy groups -OCH3 is 3. The van der Waals surface area contributed by atoms with E-state index in [0.717, 1.165) is 5.56 Å². The van der Waals surface area contributed by atoms with Crippen molar-refractivity contribution in [1.29, 1.82) is 0 Å². The van der Waals surface area contributed by atoms with Gasteiger partial charge in [0.15, 0.2) is 23.4 Å². The number of ketones is 1. The van der Waals surface area contributed by atoms with Crippen molar-refractivity contribution in [3.05, 3.63) is 52.8 Å². The van der Waals surface area contributed by atoms with Crippen LogP contribution in [0.3, 0.4) is 0 Å². The maximum Gasteiger partial charge on any atom is 0.346 e. The Balaban J connectivity index is 1.90. The molecule has 152 valence electrons. The first-order valence-electron chi connectivity index (χ1n) is 8.94. The van der Waals surface area contributed by atoms with Crippen LogP contribution in [-0.4, -0.2) is 39.2 Å². The lowest BCUT2D eigenvalue weighted by molar-refractivity contribution is -0.147. The first kappa shape index (κ1) is 20.3. The molecule has 0 radical (unpaired) electrons. The number of esters is 1. The van der Waals surface area contributed by atoms with Crippen molar-refractivity contribution < 1.29 is 33.3 Å². The predicted molar refractivity (Wildman–Crippen MR) is 106 cm³/mol. The maximum atomic E-state index is 12.8. The van der Waals surface area contributed by atoms with Gasteiger partial charge in [0.05, 0.1) is 26.9 Å². The van der Waals surface area contributed by atoms with E-state index in [1.54, 1.807) is 64.5 Å². The van der Waals surface area contributed by atoms with Crippen molar-refractivity contribution in [2.45, 2.75) is 20.0 Å². The van der Waals surface area contributed by atoms with Crippen LogP contribution in [0.5, 0.6) is 23.0 Å². The van der Waals surface area contributed by atoms with Gasteiger partial charge in [-0.1, -0.05) is 6.07 Å². The highest BCUT2D eigenvalue weighted by Crippen LogP contribution is 2.40. The van der Waals surface area contributed by atoms with Gasteiger partial charge in [-0.15, -0.1) is 0 Å². The summed E-state index contributed by atoms with van der Waals surface area (Å²) >= 11 is 0. The molecule has 0 bridgehead atoms. The van der Waals surface area contributed by atoms with Crippen molar-refractivity contribution in [2.24, 2.45) is 0 Å². The lowest BCUT2D eigenvalue weighted by Crippen LogP contribution is -2.25. The minimum absolute atomic E-state index is 0.188. The molecule has 1 aliphatic rings. The zero-order valence-electron chi connectivity index (χ0n) is 16.9. The van der Waals surface area contributed by atoms with E-state index >= 15 is 0 Å². The Morgan fingerprint density at radius 2 is 1.72 bits per heavy atom. The third-order valence-corrected chi connectivity index (χ3v) is 4.58. The van der Waals surface area contributed by atoms with Crippen LogP contribution >= 0.6 is 0 Å².